The van der Waals surface area contributed by atoms with Gasteiger partial charge in [0, 0.05) is 5.56 Å². The summed E-state index contributed by atoms with van der Waals surface area (Å²) in [5.74, 6) is 0.191. The van der Waals surface area contributed by atoms with E-state index in [1.54, 1.807) is 43.3 Å². The van der Waals surface area contributed by atoms with Crippen LogP contribution in [0.4, 0.5) is 13.2 Å². The fourth-order valence-electron chi connectivity index (χ4n) is 3.31. The van der Waals surface area contributed by atoms with Gasteiger partial charge in [0.2, 0.25) is 0 Å². The van der Waals surface area contributed by atoms with Crippen molar-refractivity contribution in [3.05, 3.63) is 85.7 Å². The van der Waals surface area contributed by atoms with Crippen LogP contribution in [0.15, 0.2) is 70.6 Å². The maximum Gasteiger partial charge on any atom is 0.416 e. The van der Waals surface area contributed by atoms with Crippen LogP contribution < -0.4 is 10.3 Å². The van der Waals surface area contributed by atoms with Crippen LogP contribution in [0.3, 0.4) is 0 Å². The zero-order valence-corrected chi connectivity index (χ0v) is 19.8. The van der Waals surface area contributed by atoms with Crippen molar-refractivity contribution in [2.75, 3.05) is 6.61 Å². The van der Waals surface area contributed by atoms with E-state index in [-0.39, 0.29) is 28.3 Å². The monoisotopic (exact) mass is 579 g/mol. The largest absolute Gasteiger partial charge is 0.504 e. The third-order valence-corrected chi connectivity index (χ3v) is 5.70. The van der Waals surface area contributed by atoms with Crippen LogP contribution in [0, 0.1) is 3.57 Å². The number of benzene rings is 3. The Kier molecular flexibility index (Phi) is 6.60. The summed E-state index contributed by atoms with van der Waals surface area (Å²) in [5.41, 5.74) is -0.458. The second-order valence-corrected chi connectivity index (χ2v) is 8.34. The lowest BCUT2D eigenvalue weighted by molar-refractivity contribution is -0.137. The van der Waals surface area contributed by atoms with Crippen LogP contribution in [0.2, 0.25) is 0 Å². The van der Waals surface area contributed by atoms with Gasteiger partial charge >= 0.3 is 6.18 Å². The van der Waals surface area contributed by atoms with E-state index >= 15 is 0 Å². The molecule has 0 spiro atoms. The molecule has 1 heterocycles. The van der Waals surface area contributed by atoms with Crippen molar-refractivity contribution in [1.29, 1.82) is 0 Å². The molecule has 0 aliphatic rings. The zero-order chi connectivity index (χ0) is 24.5. The molecule has 174 valence electrons. The summed E-state index contributed by atoms with van der Waals surface area (Å²) in [6.07, 6.45) is -3.20. The predicted octanol–water partition coefficient (Wildman–Crippen LogP) is 5.67. The van der Waals surface area contributed by atoms with Gasteiger partial charge in [0.05, 0.1) is 32.9 Å². The number of alkyl halides is 3. The molecule has 10 heteroatoms. The summed E-state index contributed by atoms with van der Waals surface area (Å²) >= 11 is 1.94. The van der Waals surface area contributed by atoms with Crippen LogP contribution in [0.1, 0.15) is 18.1 Å². The van der Waals surface area contributed by atoms with Gasteiger partial charge < -0.3 is 9.84 Å². The van der Waals surface area contributed by atoms with E-state index in [1.165, 1.54) is 18.3 Å². The molecule has 4 rings (SSSR count). The molecule has 4 aromatic rings. The molecule has 0 saturated carbocycles. The highest BCUT2D eigenvalue weighted by Crippen LogP contribution is 2.33. The van der Waals surface area contributed by atoms with E-state index in [4.69, 9.17) is 4.74 Å². The molecule has 0 bridgehead atoms. The van der Waals surface area contributed by atoms with Crippen molar-refractivity contribution >= 4 is 39.7 Å². The number of phenolic OH excluding ortho intramolecular Hbond substituents is 1. The van der Waals surface area contributed by atoms with E-state index in [9.17, 15) is 23.1 Å². The minimum absolute atomic E-state index is 0.0196. The maximum absolute atomic E-state index is 13.3. The number of hydrogen-bond donors (Lipinski definition) is 1. The van der Waals surface area contributed by atoms with E-state index < -0.39 is 17.3 Å². The zero-order valence-electron chi connectivity index (χ0n) is 17.7. The van der Waals surface area contributed by atoms with Gasteiger partial charge in [-0.3, -0.25) is 4.79 Å². The first-order valence-corrected chi connectivity index (χ1v) is 11.2. The first-order chi connectivity index (χ1) is 16.2. The Morgan fingerprint density at radius 3 is 2.65 bits per heavy atom. The number of aromatic nitrogens is 2. The summed E-state index contributed by atoms with van der Waals surface area (Å²) in [7, 11) is 0. The minimum atomic E-state index is -4.56. The summed E-state index contributed by atoms with van der Waals surface area (Å²) in [6, 6.07) is 14.3. The topological polar surface area (TPSA) is 76.7 Å². The Balaban J connectivity index is 1.91. The Bertz CT molecular complexity index is 1470. The summed E-state index contributed by atoms with van der Waals surface area (Å²) in [6.45, 7) is 2.10. The highest BCUT2D eigenvalue weighted by Gasteiger charge is 2.31. The lowest BCUT2D eigenvalue weighted by Crippen LogP contribution is -2.20. The molecule has 6 nitrogen and oxygen atoms in total. The van der Waals surface area contributed by atoms with Crippen molar-refractivity contribution in [1.82, 2.24) is 9.66 Å². The van der Waals surface area contributed by atoms with E-state index in [0.29, 0.717) is 21.3 Å². The first-order valence-electron chi connectivity index (χ1n) is 10.1. The van der Waals surface area contributed by atoms with Gasteiger partial charge in [0.25, 0.3) is 5.56 Å². The standard InChI is InChI=1S/C24H17F3IN3O3/c1-2-34-20-11-14(10-18(28)21(20)32)13-29-31-22(15-6-5-7-16(12-15)24(25,26)27)30-19-9-4-3-8-17(19)23(31)33/h3-13,32H,2H2,1H3. The van der Waals surface area contributed by atoms with Crippen molar-refractivity contribution < 1.29 is 23.0 Å². The normalized spacial score (nSPS) is 11.9. The molecular formula is C24H17F3IN3O3. The number of hydrogen-bond acceptors (Lipinski definition) is 5. The smallest absolute Gasteiger partial charge is 0.416 e. The molecule has 0 aliphatic carbocycles. The predicted molar refractivity (Wildman–Crippen MR) is 131 cm³/mol. The summed E-state index contributed by atoms with van der Waals surface area (Å²) in [5, 5.41) is 14.7. The van der Waals surface area contributed by atoms with Crippen LogP contribution in [-0.4, -0.2) is 27.6 Å². The molecule has 0 unspecified atom stereocenters. The van der Waals surface area contributed by atoms with Gasteiger partial charge in [-0.05, 0) is 71.5 Å². The van der Waals surface area contributed by atoms with Gasteiger partial charge in [-0.15, -0.1) is 0 Å². The SMILES string of the molecule is CCOc1cc(C=Nn2c(-c3cccc(C(F)(F)F)c3)nc3ccccc3c2=O)cc(I)c1O. The quantitative estimate of drug-likeness (QED) is 0.244. The molecule has 0 atom stereocenters. The van der Waals surface area contributed by atoms with Crippen LogP contribution >= 0.6 is 22.6 Å². The first kappa shape index (κ1) is 23.7. The van der Waals surface area contributed by atoms with Gasteiger partial charge in [0.15, 0.2) is 17.3 Å². The number of para-hydroxylation sites is 1. The number of aromatic hydroxyl groups is 1. The maximum atomic E-state index is 13.3. The average molecular weight is 579 g/mol. The number of fused-ring (bicyclic) bond motifs is 1. The third kappa shape index (κ3) is 4.76. The number of nitrogens with zero attached hydrogens (tertiary/aromatic N) is 3. The molecule has 34 heavy (non-hydrogen) atoms. The Morgan fingerprint density at radius 1 is 1.15 bits per heavy atom. The Labute approximate surface area is 205 Å². The second-order valence-electron chi connectivity index (χ2n) is 7.18. The fraction of sp³-hybridized carbons (Fsp3) is 0.125. The van der Waals surface area contributed by atoms with Crippen LogP contribution in [-0.2, 0) is 6.18 Å². The van der Waals surface area contributed by atoms with Crippen LogP contribution in [0.5, 0.6) is 11.5 Å². The van der Waals surface area contributed by atoms with Gasteiger partial charge in [-0.2, -0.15) is 22.9 Å². The van der Waals surface area contributed by atoms with Crippen LogP contribution in [0.25, 0.3) is 22.3 Å². The molecular weight excluding hydrogens is 562 g/mol. The molecule has 0 aliphatic heterocycles. The molecule has 0 radical (unpaired) electrons. The fourth-order valence-corrected chi connectivity index (χ4v) is 3.94. The van der Waals surface area contributed by atoms with E-state index in [0.717, 1.165) is 16.8 Å². The highest BCUT2D eigenvalue weighted by molar-refractivity contribution is 14.1. The molecule has 1 aromatic heterocycles. The number of ether oxygens (including phenoxy) is 1. The second kappa shape index (κ2) is 9.45. The molecule has 0 amide bonds. The van der Waals surface area contributed by atoms with Crippen molar-refractivity contribution in [2.45, 2.75) is 13.1 Å². The number of halogens is 4. The van der Waals surface area contributed by atoms with Crippen molar-refractivity contribution in [3.63, 3.8) is 0 Å². The van der Waals surface area contributed by atoms with E-state index in [1.807, 2.05) is 22.6 Å². The van der Waals surface area contributed by atoms with Crippen molar-refractivity contribution in [3.8, 4) is 22.9 Å². The third-order valence-electron chi connectivity index (χ3n) is 4.87. The van der Waals surface area contributed by atoms with E-state index in [2.05, 4.69) is 10.1 Å². The number of phenols is 1. The van der Waals surface area contributed by atoms with Crippen molar-refractivity contribution in [2.24, 2.45) is 5.10 Å². The van der Waals surface area contributed by atoms with Gasteiger partial charge in [-0.25, -0.2) is 4.98 Å². The minimum Gasteiger partial charge on any atom is -0.504 e. The van der Waals surface area contributed by atoms with Gasteiger partial charge in [-0.1, -0.05) is 24.3 Å². The Hall–Kier alpha value is -3.41. The highest BCUT2D eigenvalue weighted by atomic mass is 127. The summed E-state index contributed by atoms with van der Waals surface area (Å²) < 4.78 is 46.8. The number of rotatable bonds is 5. The molecule has 3 aromatic carbocycles. The average Bonchev–Trinajstić information content (AvgIpc) is 2.81. The lowest BCUT2D eigenvalue weighted by atomic mass is 10.1. The summed E-state index contributed by atoms with van der Waals surface area (Å²) in [4.78, 5) is 17.7. The molecule has 1 N–H and O–H groups in total. The van der Waals surface area contributed by atoms with Gasteiger partial charge in [0.1, 0.15) is 0 Å². The lowest BCUT2D eigenvalue weighted by Gasteiger charge is -2.12. The molecule has 0 fully saturated rings. The molecule has 0 saturated heterocycles. The Morgan fingerprint density at radius 2 is 1.91 bits per heavy atom.